The number of rotatable bonds is 7. The average Bonchev–Trinajstić information content (AvgIpc) is 2.45. The standard InChI is InChI=1S/C17H22INO6/c1-17(2,3)25-16(24)19-13(15(22)23)9-11(14(20)21)8-10-4-6-12(18)7-5-10/h4-7,11,13H,8-9H2,1-3H3,(H,19,24)(H,20,21)(H,22,23)/t11-,13-/m0/s1. The van der Waals surface area contributed by atoms with Gasteiger partial charge in [0.2, 0.25) is 0 Å². The van der Waals surface area contributed by atoms with Crippen molar-refractivity contribution in [3.8, 4) is 0 Å². The van der Waals surface area contributed by atoms with E-state index in [1.165, 1.54) is 0 Å². The van der Waals surface area contributed by atoms with Crippen LogP contribution in [0.1, 0.15) is 32.8 Å². The topological polar surface area (TPSA) is 113 Å². The van der Waals surface area contributed by atoms with Crippen LogP contribution in [0.4, 0.5) is 4.79 Å². The van der Waals surface area contributed by atoms with Crippen LogP contribution >= 0.6 is 22.6 Å². The molecule has 0 aliphatic heterocycles. The van der Waals surface area contributed by atoms with Crippen LogP contribution in [0, 0.1) is 9.49 Å². The van der Waals surface area contributed by atoms with Gasteiger partial charge < -0.3 is 20.3 Å². The van der Waals surface area contributed by atoms with E-state index >= 15 is 0 Å². The lowest BCUT2D eigenvalue weighted by molar-refractivity contribution is -0.144. The fraction of sp³-hybridized carbons (Fsp3) is 0.471. The van der Waals surface area contributed by atoms with E-state index in [2.05, 4.69) is 27.9 Å². The minimum absolute atomic E-state index is 0.173. The van der Waals surface area contributed by atoms with Crippen molar-refractivity contribution in [2.24, 2.45) is 5.92 Å². The highest BCUT2D eigenvalue weighted by Crippen LogP contribution is 2.17. The van der Waals surface area contributed by atoms with Gasteiger partial charge in [0, 0.05) is 3.57 Å². The zero-order valence-corrected chi connectivity index (χ0v) is 16.4. The molecule has 7 nitrogen and oxygen atoms in total. The zero-order valence-electron chi connectivity index (χ0n) is 14.3. The lowest BCUT2D eigenvalue weighted by Gasteiger charge is -2.23. The molecule has 0 aliphatic carbocycles. The molecule has 138 valence electrons. The molecule has 1 aromatic carbocycles. The normalized spacial score (nSPS) is 13.6. The molecule has 3 N–H and O–H groups in total. The predicted molar refractivity (Wildman–Crippen MR) is 99.4 cm³/mol. The Hall–Kier alpha value is -1.84. The molecule has 0 bridgehead atoms. The summed E-state index contributed by atoms with van der Waals surface area (Å²) in [6.07, 6.45) is -0.958. The van der Waals surface area contributed by atoms with Gasteiger partial charge in [0.1, 0.15) is 11.6 Å². The number of benzene rings is 1. The summed E-state index contributed by atoms with van der Waals surface area (Å²) in [5, 5.41) is 20.9. The van der Waals surface area contributed by atoms with Gasteiger partial charge in [0.05, 0.1) is 5.92 Å². The highest BCUT2D eigenvalue weighted by atomic mass is 127. The van der Waals surface area contributed by atoms with Crippen LogP contribution in [0.25, 0.3) is 0 Å². The van der Waals surface area contributed by atoms with Crippen LogP contribution in [-0.4, -0.2) is 39.9 Å². The van der Waals surface area contributed by atoms with Gasteiger partial charge in [-0.25, -0.2) is 9.59 Å². The Kier molecular flexibility index (Phi) is 7.65. The van der Waals surface area contributed by atoms with Crippen LogP contribution in [-0.2, 0) is 20.7 Å². The summed E-state index contributed by atoms with van der Waals surface area (Å²) < 4.78 is 6.05. The van der Waals surface area contributed by atoms with E-state index < -0.39 is 35.6 Å². The minimum Gasteiger partial charge on any atom is -0.481 e. The summed E-state index contributed by atoms with van der Waals surface area (Å²) in [6.45, 7) is 4.96. The lowest BCUT2D eigenvalue weighted by Crippen LogP contribution is -2.45. The molecule has 0 aliphatic rings. The Labute approximate surface area is 159 Å². The molecule has 0 saturated heterocycles. The van der Waals surface area contributed by atoms with E-state index in [-0.39, 0.29) is 12.8 Å². The average molecular weight is 463 g/mol. The number of amides is 1. The number of ether oxygens (including phenoxy) is 1. The van der Waals surface area contributed by atoms with Crippen LogP contribution in [0.15, 0.2) is 24.3 Å². The van der Waals surface area contributed by atoms with Crippen LogP contribution in [0.2, 0.25) is 0 Å². The summed E-state index contributed by atoms with van der Waals surface area (Å²) in [5.41, 5.74) is 0.00905. The van der Waals surface area contributed by atoms with Gasteiger partial charge in [-0.2, -0.15) is 0 Å². The fourth-order valence-electron chi connectivity index (χ4n) is 2.13. The van der Waals surface area contributed by atoms with E-state index in [0.717, 1.165) is 9.13 Å². The minimum atomic E-state index is -1.35. The molecule has 2 atom stereocenters. The Morgan fingerprint density at radius 1 is 1.12 bits per heavy atom. The van der Waals surface area contributed by atoms with Crippen molar-refractivity contribution in [2.45, 2.75) is 45.3 Å². The molecular weight excluding hydrogens is 441 g/mol. The lowest BCUT2D eigenvalue weighted by atomic mass is 9.93. The number of alkyl carbamates (subject to hydrolysis) is 1. The van der Waals surface area contributed by atoms with Gasteiger partial charge in [0.15, 0.2) is 0 Å². The van der Waals surface area contributed by atoms with Crippen molar-refractivity contribution in [2.75, 3.05) is 0 Å². The summed E-state index contributed by atoms with van der Waals surface area (Å²) in [5.74, 6) is -3.37. The number of hydrogen-bond acceptors (Lipinski definition) is 4. The van der Waals surface area contributed by atoms with Gasteiger partial charge in [-0.3, -0.25) is 4.79 Å². The number of hydrogen-bond donors (Lipinski definition) is 3. The van der Waals surface area contributed by atoms with Gasteiger partial charge in [-0.05, 0) is 73.9 Å². The molecule has 25 heavy (non-hydrogen) atoms. The van der Waals surface area contributed by atoms with Crippen molar-refractivity contribution in [3.63, 3.8) is 0 Å². The second kappa shape index (κ2) is 9.02. The van der Waals surface area contributed by atoms with E-state index in [0.29, 0.717) is 0 Å². The molecular formula is C17H22INO6. The third-order valence-electron chi connectivity index (χ3n) is 3.25. The van der Waals surface area contributed by atoms with E-state index in [1.807, 2.05) is 12.1 Å². The number of carboxylic acid groups (broad SMARTS) is 2. The molecule has 0 fully saturated rings. The molecule has 0 radical (unpaired) electrons. The molecule has 0 saturated carbocycles. The Balaban J connectivity index is 2.80. The van der Waals surface area contributed by atoms with Crippen molar-refractivity contribution < 1.29 is 29.3 Å². The van der Waals surface area contributed by atoms with Crippen LogP contribution in [0.5, 0.6) is 0 Å². The summed E-state index contributed by atoms with van der Waals surface area (Å²) >= 11 is 2.14. The molecule has 0 heterocycles. The van der Waals surface area contributed by atoms with Crippen LogP contribution < -0.4 is 5.32 Å². The third-order valence-corrected chi connectivity index (χ3v) is 3.97. The molecule has 0 spiro atoms. The fourth-order valence-corrected chi connectivity index (χ4v) is 2.49. The van der Waals surface area contributed by atoms with Gasteiger partial charge >= 0.3 is 18.0 Å². The van der Waals surface area contributed by atoms with Crippen molar-refractivity contribution in [1.29, 1.82) is 0 Å². The molecule has 0 aromatic heterocycles. The van der Waals surface area contributed by atoms with Gasteiger partial charge in [-0.1, -0.05) is 12.1 Å². The maximum Gasteiger partial charge on any atom is 0.408 e. The summed E-state index contributed by atoms with van der Waals surface area (Å²) in [4.78, 5) is 34.7. The number of carbonyl (C=O) groups is 3. The highest BCUT2D eigenvalue weighted by Gasteiger charge is 2.30. The number of nitrogens with one attached hydrogen (secondary N) is 1. The first-order valence-corrected chi connectivity index (χ1v) is 8.75. The maximum atomic E-state index is 11.8. The van der Waals surface area contributed by atoms with Crippen molar-refractivity contribution in [1.82, 2.24) is 5.32 Å². The first kappa shape index (κ1) is 21.2. The smallest absolute Gasteiger partial charge is 0.408 e. The molecule has 8 heteroatoms. The largest absolute Gasteiger partial charge is 0.481 e. The Bertz CT molecular complexity index is 623. The number of halogens is 1. The van der Waals surface area contributed by atoms with Crippen LogP contribution in [0.3, 0.4) is 0 Å². The van der Waals surface area contributed by atoms with E-state index in [1.54, 1.807) is 32.9 Å². The predicted octanol–water partition coefficient (Wildman–Crippen LogP) is 2.90. The van der Waals surface area contributed by atoms with Gasteiger partial charge in [-0.15, -0.1) is 0 Å². The third kappa shape index (κ3) is 8.19. The number of carbonyl (C=O) groups excluding carboxylic acids is 1. The molecule has 1 rings (SSSR count). The quantitative estimate of drug-likeness (QED) is 0.537. The number of aliphatic carboxylic acids is 2. The van der Waals surface area contributed by atoms with Crippen molar-refractivity contribution >= 4 is 40.6 Å². The van der Waals surface area contributed by atoms with E-state index in [9.17, 15) is 24.6 Å². The highest BCUT2D eigenvalue weighted by molar-refractivity contribution is 14.1. The first-order chi connectivity index (χ1) is 11.5. The number of carboxylic acids is 2. The summed E-state index contributed by atoms with van der Waals surface area (Å²) in [6, 6.07) is 5.95. The molecule has 1 amide bonds. The summed E-state index contributed by atoms with van der Waals surface area (Å²) in [7, 11) is 0. The monoisotopic (exact) mass is 463 g/mol. The second-order valence-electron chi connectivity index (χ2n) is 6.64. The maximum absolute atomic E-state index is 11.8. The zero-order chi connectivity index (χ0) is 19.2. The molecule has 0 unspecified atom stereocenters. The molecule has 1 aromatic rings. The SMILES string of the molecule is CC(C)(C)OC(=O)N[C@@H](C[C@H](Cc1ccc(I)cc1)C(=O)O)C(=O)O. The Morgan fingerprint density at radius 2 is 1.68 bits per heavy atom. The first-order valence-electron chi connectivity index (χ1n) is 7.67. The Morgan fingerprint density at radius 3 is 2.12 bits per heavy atom. The van der Waals surface area contributed by atoms with E-state index in [4.69, 9.17) is 4.74 Å². The van der Waals surface area contributed by atoms with Crippen molar-refractivity contribution in [3.05, 3.63) is 33.4 Å². The van der Waals surface area contributed by atoms with Gasteiger partial charge in [0.25, 0.3) is 0 Å². The second-order valence-corrected chi connectivity index (χ2v) is 7.88.